The summed E-state index contributed by atoms with van der Waals surface area (Å²) < 4.78 is 5.59. The van der Waals surface area contributed by atoms with Crippen molar-refractivity contribution in [2.24, 2.45) is 4.99 Å². The summed E-state index contributed by atoms with van der Waals surface area (Å²) in [6.07, 6.45) is 1.83. The SMILES string of the molecule is CCN1C(=O)C(=Cc2ccc(N(CC)CC)cc2OC)SC1=Nc1ccc(C(=O)O)cc1. The topological polar surface area (TPSA) is 82.4 Å². The number of anilines is 1. The Labute approximate surface area is 192 Å². The lowest BCUT2D eigenvalue weighted by Crippen LogP contribution is -2.28. The molecule has 7 nitrogen and oxygen atoms in total. The van der Waals surface area contributed by atoms with Crippen molar-refractivity contribution in [3.8, 4) is 5.75 Å². The molecule has 1 heterocycles. The number of carbonyl (C=O) groups is 2. The maximum atomic E-state index is 13.0. The normalized spacial score (nSPS) is 16.1. The third-order valence-corrected chi connectivity index (χ3v) is 6.18. The van der Waals surface area contributed by atoms with Crippen LogP contribution in [0.1, 0.15) is 36.7 Å². The predicted octanol–water partition coefficient (Wildman–Crippen LogP) is 4.86. The summed E-state index contributed by atoms with van der Waals surface area (Å²) in [6, 6.07) is 12.2. The van der Waals surface area contributed by atoms with Crippen molar-refractivity contribution in [1.82, 2.24) is 4.90 Å². The van der Waals surface area contributed by atoms with Crippen molar-refractivity contribution >= 4 is 46.3 Å². The van der Waals surface area contributed by atoms with Gasteiger partial charge in [-0.05, 0) is 75.0 Å². The van der Waals surface area contributed by atoms with E-state index in [1.165, 1.54) is 23.9 Å². The zero-order chi connectivity index (χ0) is 23.3. The molecule has 32 heavy (non-hydrogen) atoms. The molecule has 1 aliphatic rings. The maximum Gasteiger partial charge on any atom is 0.335 e. The molecule has 1 saturated heterocycles. The van der Waals surface area contributed by atoms with E-state index in [0.29, 0.717) is 28.1 Å². The fourth-order valence-electron chi connectivity index (χ4n) is 3.40. The Bertz CT molecular complexity index is 1060. The van der Waals surface area contributed by atoms with Gasteiger partial charge >= 0.3 is 5.97 Å². The molecule has 0 radical (unpaired) electrons. The summed E-state index contributed by atoms with van der Waals surface area (Å²) in [4.78, 5) is 33.0. The van der Waals surface area contributed by atoms with Crippen LogP contribution >= 0.6 is 11.8 Å². The van der Waals surface area contributed by atoms with Gasteiger partial charge in [0.25, 0.3) is 5.91 Å². The highest BCUT2D eigenvalue weighted by molar-refractivity contribution is 8.18. The lowest BCUT2D eigenvalue weighted by Gasteiger charge is -2.22. The summed E-state index contributed by atoms with van der Waals surface area (Å²) in [6.45, 7) is 8.38. The van der Waals surface area contributed by atoms with Crippen LogP contribution in [0.25, 0.3) is 6.08 Å². The third kappa shape index (κ3) is 4.96. The van der Waals surface area contributed by atoms with Gasteiger partial charge in [-0.3, -0.25) is 9.69 Å². The molecule has 3 rings (SSSR count). The van der Waals surface area contributed by atoms with Gasteiger partial charge in [-0.25, -0.2) is 9.79 Å². The van der Waals surface area contributed by atoms with Crippen LogP contribution in [0.3, 0.4) is 0 Å². The molecular formula is C24H27N3O4S. The molecule has 168 valence electrons. The summed E-state index contributed by atoms with van der Waals surface area (Å²) in [5.41, 5.74) is 2.67. The lowest BCUT2D eigenvalue weighted by atomic mass is 10.1. The van der Waals surface area contributed by atoms with Crippen molar-refractivity contribution in [2.45, 2.75) is 20.8 Å². The zero-order valence-corrected chi connectivity index (χ0v) is 19.5. The largest absolute Gasteiger partial charge is 0.496 e. The van der Waals surface area contributed by atoms with Crippen LogP contribution in [-0.4, -0.2) is 53.8 Å². The van der Waals surface area contributed by atoms with Gasteiger partial charge in [-0.15, -0.1) is 0 Å². The van der Waals surface area contributed by atoms with Gasteiger partial charge in [0.05, 0.1) is 23.3 Å². The minimum atomic E-state index is -0.990. The number of aromatic carboxylic acids is 1. The number of hydrogen-bond donors (Lipinski definition) is 1. The van der Waals surface area contributed by atoms with E-state index >= 15 is 0 Å². The first-order valence-electron chi connectivity index (χ1n) is 10.5. The first-order chi connectivity index (χ1) is 15.4. The second kappa shape index (κ2) is 10.4. The van der Waals surface area contributed by atoms with Gasteiger partial charge in [-0.2, -0.15) is 0 Å². The van der Waals surface area contributed by atoms with Gasteiger partial charge in [-0.1, -0.05) is 0 Å². The van der Waals surface area contributed by atoms with E-state index in [9.17, 15) is 9.59 Å². The molecular weight excluding hydrogens is 426 g/mol. The van der Waals surface area contributed by atoms with E-state index < -0.39 is 5.97 Å². The zero-order valence-electron chi connectivity index (χ0n) is 18.7. The van der Waals surface area contributed by atoms with Crippen LogP contribution in [0.4, 0.5) is 11.4 Å². The van der Waals surface area contributed by atoms with Crippen LogP contribution in [0.15, 0.2) is 52.4 Å². The van der Waals surface area contributed by atoms with Gasteiger partial charge in [0.2, 0.25) is 0 Å². The van der Waals surface area contributed by atoms with Crippen LogP contribution in [0.2, 0.25) is 0 Å². The molecule has 8 heteroatoms. The molecule has 1 amide bonds. The summed E-state index contributed by atoms with van der Waals surface area (Å²) in [5, 5.41) is 9.62. The number of methoxy groups -OCH3 is 1. The number of ether oxygens (including phenoxy) is 1. The van der Waals surface area contributed by atoms with E-state index in [0.717, 1.165) is 24.3 Å². The number of nitrogens with zero attached hydrogens (tertiary/aromatic N) is 3. The molecule has 1 N–H and O–H groups in total. The molecule has 0 atom stereocenters. The molecule has 1 fully saturated rings. The highest BCUT2D eigenvalue weighted by atomic mass is 32.2. The van der Waals surface area contributed by atoms with Crippen molar-refractivity contribution in [3.05, 3.63) is 58.5 Å². The van der Waals surface area contributed by atoms with Crippen LogP contribution in [-0.2, 0) is 4.79 Å². The molecule has 0 aliphatic carbocycles. The fraction of sp³-hybridized carbons (Fsp3) is 0.292. The number of carboxylic acid groups (broad SMARTS) is 1. The number of carboxylic acids is 1. The molecule has 1 aliphatic heterocycles. The number of aliphatic imine (C=N–C) groups is 1. The standard InChI is InChI=1S/C24H27N3O4S/c1-5-26(6-2)19-13-10-17(20(15-19)31-4)14-21-22(28)27(7-3)24(32-21)25-18-11-8-16(9-12-18)23(29)30/h8-15H,5-7H2,1-4H3,(H,29,30). The van der Waals surface area contributed by atoms with Crippen molar-refractivity contribution < 1.29 is 19.4 Å². The molecule has 0 unspecified atom stereocenters. The Balaban J connectivity index is 1.92. The molecule has 2 aromatic carbocycles. The number of benzene rings is 2. The quantitative estimate of drug-likeness (QED) is 0.575. The van der Waals surface area contributed by atoms with Gasteiger partial charge < -0.3 is 14.7 Å². The first kappa shape index (κ1) is 23.4. The van der Waals surface area contributed by atoms with Gasteiger partial charge in [0.15, 0.2) is 5.17 Å². The monoisotopic (exact) mass is 453 g/mol. The number of carbonyl (C=O) groups excluding carboxylic acids is 1. The summed E-state index contributed by atoms with van der Waals surface area (Å²) in [5.74, 6) is -0.405. The van der Waals surface area contributed by atoms with E-state index in [1.807, 2.05) is 31.2 Å². The molecule has 2 aromatic rings. The van der Waals surface area contributed by atoms with Crippen LogP contribution in [0.5, 0.6) is 5.75 Å². The Morgan fingerprint density at radius 1 is 1.16 bits per heavy atom. The van der Waals surface area contributed by atoms with E-state index in [1.54, 1.807) is 24.1 Å². The van der Waals surface area contributed by atoms with Crippen LogP contribution in [0, 0.1) is 0 Å². The maximum absolute atomic E-state index is 13.0. The summed E-state index contributed by atoms with van der Waals surface area (Å²) in [7, 11) is 1.62. The average molecular weight is 454 g/mol. The summed E-state index contributed by atoms with van der Waals surface area (Å²) >= 11 is 1.30. The average Bonchev–Trinajstić information content (AvgIpc) is 3.09. The van der Waals surface area contributed by atoms with Crippen molar-refractivity contribution in [2.75, 3.05) is 31.6 Å². The number of hydrogen-bond acceptors (Lipinski definition) is 6. The number of rotatable bonds is 8. The Morgan fingerprint density at radius 2 is 1.84 bits per heavy atom. The Kier molecular flexibility index (Phi) is 7.58. The Morgan fingerprint density at radius 3 is 2.41 bits per heavy atom. The molecule has 0 aromatic heterocycles. The second-order valence-corrected chi connectivity index (χ2v) is 8.01. The minimum Gasteiger partial charge on any atom is -0.496 e. The van der Waals surface area contributed by atoms with E-state index in [-0.39, 0.29) is 11.5 Å². The number of amidine groups is 1. The van der Waals surface area contributed by atoms with E-state index in [4.69, 9.17) is 9.84 Å². The number of amides is 1. The smallest absolute Gasteiger partial charge is 0.335 e. The fourth-order valence-corrected chi connectivity index (χ4v) is 4.46. The van der Waals surface area contributed by atoms with Gasteiger partial charge in [0.1, 0.15) is 5.75 Å². The number of likely N-dealkylation sites (N-methyl/N-ethyl adjacent to an activating group) is 1. The first-order valence-corrected chi connectivity index (χ1v) is 11.3. The molecule has 0 bridgehead atoms. The van der Waals surface area contributed by atoms with Crippen molar-refractivity contribution in [3.63, 3.8) is 0 Å². The highest BCUT2D eigenvalue weighted by Crippen LogP contribution is 2.36. The highest BCUT2D eigenvalue weighted by Gasteiger charge is 2.32. The third-order valence-electron chi connectivity index (χ3n) is 5.18. The number of thioether (sulfide) groups is 1. The molecule has 0 saturated carbocycles. The predicted molar refractivity (Wildman–Crippen MR) is 130 cm³/mol. The molecule has 0 spiro atoms. The van der Waals surface area contributed by atoms with Crippen LogP contribution < -0.4 is 9.64 Å². The lowest BCUT2D eigenvalue weighted by molar-refractivity contribution is -0.122. The Hall–Kier alpha value is -3.26. The second-order valence-electron chi connectivity index (χ2n) is 7.01. The van der Waals surface area contributed by atoms with Crippen molar-refractivity contribution in [1.29, 1.82) is 0 Å². The minimum absolute atomic E-state index is 0.117. The van der Waals surface area contributed by atoms with Gasteiger partial charge in [0, 0.05) is 37.0 Å². The van der Waals surface area contributed by atoms with E-state index in [2.05, 4.69) is 23.7 Å².